The Morgan fingerprint density at radius 3 is 3.00 bits per heavy atom. The van der Waals surface area contributed by atoms with Crippen LogP contribution in [-0.4, -0.2) is 16.9 Å². The monoisotopic (exact) mass is 213 g/mol. The summed E-state index contributed by atoms with van der Waals surface area (Å²) in [6.45, 7) is 3.79. The zero-order valence-corrected chi connectivity index (χ0v) is 9.17. The summed E-state index contributed by atoms with van der Waals surface area (Å²) < 4.78 is 0. The van der Waals surface area contributed by atoms with Gasteiger partial charge in [-0.2, -0.15) is 0 Å². The molecule has 0 aliphatic heterocycles. The van der Waals surface area contributed by atoms with E-state index >= 15 is 0 Å². The first-order chi connectivity index (χ1) is 6.65. The summed E-state index contributed by atoms with van der Waals surface area (Å²) in [5.74, 6) is -0.116. The van der Waals surface area contributed by atoms with Crippen molar-refractivity contribution in [2.24, 2.45) is 5.73 Å². The van der Waals surface area contributed by atoms with Crippen LogP contribution in [0.4, 0.5) is 0 Å². The molecule has 78 valence electrons. The van der Waals surface area contributed by atoms with Crippen LogP contribution in [0.3, 0.4) is 0 Å². The molecule has 1 amide bonds. The smallest absolute Gasteiger partial charge is 0.237 e. The Labute approximate surface area is 87.5 Å². The SMILES string of the molecule is CC[C@@H](N)C(=O)NC(C)c1nccs1. The summed E-state index contributed by atoms with van der Waals surface area (Å²) in [5, 5.41) is 5.61. The maximum atomic E-state index is 11.4. The Bertz CT molecular complexity index is 286. The van der Waals surface area contributed by atoms with Gasteiger partial charge in [0.05, 0.1) is 12.1 Å². The van der Waals surface area contributed by atoms with Gasteiger partial charge in [-0.3, -0.25) is 4.79 Å². The van der Waals surface area contributed by atoms with E-state index in [2.05, 4.69) is 10.3 Å². The van der Waals surface area contributed by atoms with Gasteiger partial charge in [-0.05, 0) is 13.3 Å². The van der Waals surface area contributed by atoms with Crippen molar-refractivity contribution in [2.75, 3.05) is 0 Å². The van der Waals surface area contributed by atoms with Gasteiger partial charge in [0.1, 0.15) is 5.01 Å². The Balaban J connectivity index is 2.49. The molecule has 0 radical (unpaired) electrons. The van der Waals surface area contributed by atoms with Crippen LogP contribution in [0.5, 0.6) is 0 Å². The molecule has 3 N–H and O–H groups in total. The van der Waals surface area contributed by atoms with Crippen molar-refractivity contribution in [3.8, 4) is 0 Å². The van der Waals surface area contributed by atoms with Gasteiger partial charge in [0, 0.05) is 11.6 Å². The van der Waals surface area contributed by atoms with Crippen molar-refractivity contribution in [3.05, 3.63) is 16.6 Å². The van der Waals surface area contributed by atoms with E-state index in [1.807, 2.05) is 19.2 Å². The van der Waals surface area contributed by atoms with E-state index in [0.29, 0.717) is 6.42 Å². The summed E-state index contributed by atoms with van der Waals surface area (Å²) in [4.78, 5) is 15.5. The lowest BCUT2D eigenvalue weighted by molar-refractivity contribution is -0.123. The van der Waals surface area contributed by atoms with E-state index in [1.54, 1.807) is 6.20 Å². The lowest BCUT2D eigenvalue weighted by Crippen LogP contribution is -2.41. The van der Waals surface area contributed by atoms with Crippen LogP contribution in [0.1, 0.15) is 31.3 Å². The Hall–Kier alpha value is -0.940. The van der Waals surface area contributed by atoms with E-state index in [1.165, 1.54) is 11.3 Å². The number of thiazole rings is 1. The van der Waals surface area contributed by atoms with Crippen LogP contribution < -0.4 is 11.1 Å². The fraction of sp³-hybridized carbons (Fsp3) is 0.556. The molecule has 0 aliphatic rings. The van der Waals surface area contributed by atoms with Crippen LogP contribution in [-0.2, 0) is 4.79 Å². The van der Waals surface area contributed by atoms with Gasteiger partial charge in [-0.25, -0.2) is 4.98 Å². The number of amides is 1. The van der Waals surface area contributed by atoms with Crippen LogP contribution in [0.15, 0.2) is 11.6 Å². The number of nitrogens with zero attached hydrogens (tertiary/aromatic N) is 1. The Morgan fingerprint density at radius 1 is 1.79 bits per heavy atom. The van der Waals surface area contributed by atoms with Crippen LogP contribution in [0.25, 0.3) is 0 Å². The van der Waals surface area contributed by atoms with Crippen LogP contribution in [0.2, 0.25) is 0 Å². The van der Waals surface area contributed by atoms with Crippen molar-refractivity contribution in [3.63, 3.8) is 0 Å². The summed E-state index contributed by atoms with van der Waals surface area (Å²) in [6, 6.07) is -0.475. The number of hydrogen-bond acceptors (Lipinski definition) is 4. The fourth-order valence-electron chi connectivity index (χ4n) is 1.02. The highest BCUT2D eigenvalue weighted by Crippen LogP contribution is 2.14. The molecule has 2 atom stereocenters. The average molecular weight is 213 g/mol. The summed E-state index contributed by atoms with van der Waals surface area (Å²) in [6.07, 6.45) is 2.37. The summed E-state index contributed by atoms with van der Waals surface area (Å²) in [5.41, 5.74) is 5.59. The third-order valence-corrected chi connectivity index (χ3v) is 2.92. The van der Waals surface area contributed by atoms with Gasteiger partial charge < -0.3 is 11.1 Å². The van der Waals surface area contributed by atoms with Gasteiger partial charge in [0.15, 0.2) is 0 Å². The lowest BCUT2D eigenvalue weighted by Gasteiger charge is -2.14. The molecular formula is C9H15N3OS. The minimum atomic E-state index is -0.419. The van der Waals surface area contributed by atoms with Gasteiger partial charge in [-0.1, -0.05) is 6.92 Å². The maximum Gasteiger partial charge on any atom is 0.237 e. The fourth-order valence-corrected chi connectivity index (χ4v) is 1.66. The first-order valence-electron chi connectivity index (χ1n) is 4.60. The van der Waals surface area contributed by atoms with Crippen molar-refractivity contribution in [1.29, 1.82) is 0 Å². The van der Waals surface area contributed by atoms with Gasteiger partial charge in [0.25, 0.3) is 0 Å². The molecule has 0 saturated heterocycles. The highest BCUT2D eigenvalue weighted by atomic mass is 32.1. The minimum absolute atomic E-state index is 0.0555. The van der Waals surface area contributed by atoms with E-state index in [9.17, 15) is 4.79 Å². The first kappa shape index (κ1) is 11.1. The number of nitrogens with one attached hydrogen (secondary N) is 1. The topological polar surface area (TPSA) is 68.0 Å². The second-order valence-electron chi connectivity index (χ2n) is 3.12. The second kappa shape index (κ2) is 5.07. The van der Waals surface area contributed by atoms with E-state index in [4.69, 9.17) is 5.73 Å². The van der Waals surface area contributed by atoms with Crippen molar-refractivity contribution in [1.82, 2.24) is 10.3 Å². The Morgan fingerprint density at radius 2 is 2.50 bits per heavy atom. The molecule has 0 aliphatic carbocycles. The maximum absolute atomic E-state index is 11.4. The molecule has 1 aromatic rings. The zero-order valence-electron chi connectivity index (χ0n) is 8.36. The van der Waals surface area contributed by atoms with Crippen molar-refractivity contribution < 1.29 is 4.79 Å². The van der Waals surface area contributed by atoms with E-state index < -0.39 is 6.04 Å². The molecule has 1 aromatic heterocycles. The molecule has 0 aromatic carbocycles. The number of carbonyl (C=O) groups is 1. The number of aromatic nitrogens is 1. The van der Waals surface area contributed by atoms with Gasteiger partial charge >= 0.3 is 0 Å². The third-order valence-electron chi connectivity index (χ3n) is 1.96. The molecular weight excluding hydrogens is 198 g/mol. The minimum Gasteiger partial charge on any atom is -0.346 e. The molecule has 0 saturated carbocycles. The predicted octanol–water partition coefficient (Wildman–Crippen LogP) is 1.06. The second-order valence-corrected chi connectivity index (χ2v) is 4.04. The third kappa shape index (κ3) is 2.78. The molecule has 1 unspecified atom stereocenters. The van der Waals surface area contributed by atoms with Crippen molar-refractivity contribution in [2.45, 2.75) is 32.4 Å². The molecule has 0 fully saturated rings. The van der Waals surface area contributed by atoms with Crippen LogP contribution in [0, 0.1) is 0 Å². The summed E-state index contributed by atoms with van der Waals surface area (Å²) >= 11 is 1.53. The first-order valence-corrected chi connectivity index (χ1v) is 5.48. The van der Waals surface area contributed by atoms with E-state index in [-0.39, 0.29) is 11.9 Å². The normalized spacial score (nSPS) is 14.8. The lowest BCUT2D eigenvalue weighted by atomic mass is 10.2. The molecule has 1 rings (SSSR count). The predicted molar refractivity (Wildman–Crippen MR) is 56.9 cm³/mol. The van der Waals surface area contributed by atoms with Gasteiger partial charge in [0.2, 0.25) is 5.91 Å². The zero-order chi connectivity index (χ0) is 10.6. The molecule has 0 bridgehead atoms. The molecule has 14 heavy (non-hydrogen) atoms. The summed E-state index contributed by atoms with van der Waals surface area (Å²) in [7, 11) is 0. The molecule has 0 spiro atoms. The molecule has 1 heterocycles. The molecule has 5 heteroatoms. The highest BCUT2D eigenvalue weighted by Gasteiger charge is 2.15. The quantitative estimate of drug-likeness (QED) is 0.785. The number of hydrogen-bond donors (Lipinski definition) is 2. The van der Waals surface area contributed by atoms with Crippen molar-refractivity contribution >= 4 is 17.2 Å². The number of rotatable bonds is 4. The average Bonchev–Trinajstić information content (AvgIpc) is 2.69. The number of nitrogens with two attached hydrogens (primary N) is 1. The number of carbonyl (C=O) groups excluding carboxylic acids is 1. The van der Waals surface area contributed by atoms with E-state index in [0.717, 1.165) is 5.01 Å². The standard InChI is InChI=1S/C9H15N3OS/c1-3-7(10)8(13)12-6(2)9-11-4-5-14-9/h4-7H,3,10H2,1-2H3,(H,12,13)/t6?,7-/m1/s1. The highest BCUT2D eigenvalue weighted by molar-refractivity contribution is 7.09. The molecule has 4 nitrogen and oxygen atoms in total. The Kier molecular flexibility index (Phi) is 4.03. The largest absolute Gasteiger partial charge is 0.346 e. The van der Waals surface area contributed by atoms with Gasteiger partial charge in [-0.15, -0.1) is 11.3 Å². The van der Waals surface area contributed by atoms with Crippen LogP contribution >= 0.6 is 11.3 Å².